The molecule has 0 amide bonds. The molecular formula is C17H26BFO4. The van der Waals surface area contributed by atoms with Crippen LogP contribution in [0, 0.1) is 16.7 Å². The SMILES string of the molecule is CC1(C)C(=C(F)B2OC(C)(C)C(C)(C)O2)C2(C(=O)O)CCC1C2. The van der Waals surface area contributed by atoms with Gasteiger partial charge in [0.2, 0.25) is 0 Å². The Balaban J connectivity index is 2.08. The van der Waals surface area contributed by atoms with Gasteiger partial charge in [-0.15, -0.1) is 0 Å². The third-order valence-electron chi connectivity index (χ3n) is 6.77. The lowest BCUT2D eigenvalue weighted by Gasteiger charge is -2.37. The van der Waals surface area contributed by atoms with Gasteiger partial charge in [0.25, 0.3) is 0 Å². The Morgan fingerprint density at radius 3 is 2.17 bits per heavy atom. The lowest BCUT2D eigenvalue weighted by molar-refractivity contribution is -0.146. The first-order valence-electron chi connectivity index (χ1n) is 8.35. The number of rotatable bonds is 2. The molecule has 3 aliphatic rings. The van der Waals surface area contributed by atoms with E-state index in [1.165, 1.54) is 0 Å². The highest BCUT2D eigenvalue weighted by molar-refractivity contribution is 6.54. The Hall–Kier alpha value is -0.875. The molecule has 1 N–H and O–H groups in total. The maximum atomic E-state index is 15.4. The Kier molecular flexibility index (Phi) is 3.39. The summed E-state index contributed by atoms with van der Waals surface area (Å²) in [6, 6.07) is 0. The highest BCUT2D eigenvalue weighted by Crippen LogP contribution is 2.67. The van der Waals surface area contributed by atoms with Crippen molar-refractivity contribution in [2.75, 3.05) is 0 Å². The molecule has 2 atom stereocenters. The zero-order valence-electron chi connectivity index (χ0n) is 14.8. The molecule has 1 saturated heterocycles. The molecule has 23 heavy (non-hydrogen) atoms. The molecule has 1 aliphatic heterocycles. The van der Waals surface area contributed by atoms with Crippen molar-refractivity contribution in [2.45, 2.75) is 72.0 Å². The molecule has 1 heterocycles. The lowest BCUT2D eigenvalue weighted by atomic mass is 9.63. The molecule has 3 rings (SSSR count). The predicted molar refractivity (Wildman–Crippen MR) is 85.4 cm³/mol. The minimum Gasteiger partial charge on any atom is -0.481 e. The first kappa shape index (κ1) is 17.0. The minimum absolute atomic E-state index is 0.196. The van der Waals surface area contributed by atoms with E-state index in [1.807, 2.05) is 41.5 Å². The fraction of sp³-hybridized carbons (Fsp3) is 0.824. The van der Waals surface area contributed by atoms with Crippen molar-refractivity contribution in [2.24, 2.45) is 16.7 Å². The first-order chi connectivity index (χ1) is 10.4. The van der Waals surface area contributed by atoms with E-state index in [1.54, 1.807) is 0 Å². The van der Waals surface area contributed by atoms with Crippen LogP contribution in [0.1, 0.15) is 60.8 Å². The van der Waals surface area contributed by atoms with Crippen LogP contribution in [0.25, 0.3) is 0 Å². The van der Waals surface area contributed by atoms with Crippen LogP contribution in [0.2, 0.25) is 0 Å². The van der Waals surface area contributed by atoms with Gasteiger partial charge in [0.1, 0.15) is 5.73 Å². The van der Waals surface area contributed by atoms with Crippen molar-refractivity contribution in [3.63, 3.8) is 0 Å². The van der Waals surface area contributed by atoms with E-state index in [9.17, 15) is 9.90 Å². The Morgan fingerprint density at radius 1 is 1.17 bits per heavy atom. The van der Waals surface area contributed by atoms with E-state index in [2.05, 4.69) is 0 Å². The Bertz CT molecular complexity index is 579. The smallest absolute Gasteiger partial charge is 0.481 e. The van der Waals surface area contributed by atoms with Gasteiger partial charge in [0.05, 0.1) is 16.6 Å². The summed E-state index contributed by atoms with van der Waals surface area (Å²) in [7, 11) is -1.12. The van der Waals surface area contributed by atoms with Gasteiger partial charge in [-0.3, -0.25) is 4.79 Å². The summed E-state index contributed by atoms with van der Waals surface area (Å²) in [5.41, 5.74) is -3.02. The number of halogens is 1. The number of carboxylic acid groups (broad SMARTS) is 1. The van der Waals surface area contributed by atoms with Crippen molar-refractivity contribution in [1.82, 2.24) is 0 Å². The Morgan fingerprint density at radius 2 is 1.70 bits per heavy atom. The summed E-state index contributed by atoms with van der Waals surface area (Å²) < 4.78 is 27.1. The third-order valence-corrected chi connectivity index (χ3v) is 6.77. The van der Waals surface area contributed by atoms with Crippen LogP contribution in [0.5, 0.6) is 0 Å². The second-order valence-corrected chi connectivity index (χ2v) is 8.86. The number of carboxylic acids is 1. The van der Waals surface area contributed by atoms with Crippen LogP contribution in [-0.2, 0) is 14.1 Å². The van der Waals surface area contributed by atoms with E-state index in [0.717, 1.165) is 6.42 Å². The van der Waals surface area contributed by atoms with Gasteiger partial charge < -0.3 is 14.4 Å². The molecule has 0 spiro atoms. The second-order valence-electron chi connectivity index (χ2n) is 8.86. The zero-order chi connectivity index (χ0) is 17.4. The molecule has 0 aromatic rings. The monoisotopic (exact) mass is 324 g/mol. The van der Waals surface area contributed by atoms with Crippen LogP contribution in [-0.4, -0.2) is 29.4 Å². The van der Waals surface area contributed by atoms with E-state index >= 15 is 4.39 Å². The predicted octanol–water partition coefficient (Wildman–Crippen LogP) is 3.75. The van der Waals surface area contributed by atoms with Gasteiger partial charge in [0.15, 0.2) is 0 Å². The molecule has 2 saturated carbocycles. The summed E-state index contributed by atoms with van der Waals surface area (Å²) in [6.45, 7) is 11.4. The van der Waals surface area contributed by atoms with Gasteiger partial charge in [-0.25, -0.2) is 4.39 Å². The summed E-state index contributed by atoms with van der Waals surface area (Å²) in [4.78, 5) is 12.0. The molecule has 0 radical (unpaired) electrons. The molecular weight excluding hydrogens is 298 g/mol. The molecule has 0 aromatic carbocycles. The fourth-order valence-corrected chi connectivity index (χ4v) is 4.61. The number of hydrogen-bond donors (Lipinski definition) is 1. The number of aliphatic carboxylic acids is 1. The average Bonchev–Trinajstić information content (AvgIpc) is 2.97. The summed E-state index contributed by atoms with van der Waals surface area (Å²) in [5.74, 6) is -0.728. The largest absolute Gasteiger partial charge is 0.525 e. The Labute approximate surface area is 137 Å². The number of hydrogen-bond acceptors (Lipinski definition) is 3. The summed E-state index contributed by atoms with van der Waals surface area (Å²) in [5, 5.41) is 9.81. The zero-order valence-corrected chi connectivity index (χ0v) is 14.8. The van der Waals surface area contributed by atoms with E-state index in [4.69, 9.17) is 9.31 Å². The molecule has 2 aliphatic carbocycles. The quantitative estimate of drug-likeness (QED) is 0.786. The van der Waals surface area contributed by atoms with Crippen LogP contribution >= 0.6 is 0 Å². The van der Waals surface area contributed by atoms with Crippen molar-refractivity contribution >= 4 is 13.1 Å². The lowest BCUT2D eigenvalue weighted by Crippen LogP contribution is -2.41. The van der Waals surface area contributed by atoms with Crippen molar-refractivity contribution in [3.8, 4) is 0 Å². The molecule has 3 fully saturated rings. The summed E-state index contributed by atoms with van der Waals surface area (Å²) >= 11 is 0. The molecule has 2 bridgehead atoms. The van der Waals surface area contributed by atoms with Gasteiger partial charge in [-0.2, -0.15) is 0 Å². The highest BCUT2D eigenvalue weighted by Gasteiger charge is 2.65. The molecule has 128 valence electrons. The van der Waals surface area contributed by atoms with Gasteiger partial charge in [-0.05, 0) is 63.9 Å². The van der Waals surface area contributed by atoms with E-state index < -0.39 is 40.8 Å². The average molecular weight is 324 g/mol. The minimum atomic E-state index is -1.12. The highest BCUT2D eigenvalue weighted by atomic mass is 19.1. The van der Waals surface area contributed by atoms with Gasteiger partial charge in [0, 0.05) is 0 Å². The van der Waals surface area contributed by atoms with Crippen LogP contribution in [0.4, 0.5) is 4.39 Å². The molecule has 4 nitrogen and oxygen atoms in total. The maximum absolute atomic E-state index is 15.4. The van der Waals surface area contributed by atoms with Crippen molar-refractivity contribution in [3.05, 3.63) is 11.3 Å². The third kappa shape index (κ3) is 2.07. The molecule has 2 unspecified atom stereocenters. The van der Waals surface area contributed by atoms with E-state index in [-0.39, 0.29) is 5.92 Å². The topological polar surface area (TPSA) is 55.8 Å². The normalized spacial score (nSPS) is 38.9. The van der Waals surface area contributed by atoms with Gasteiger partial charge in [-0.1, -0.05) is 13.8 Å². The van der Waals surface area contributed by atoms with Crippen molar-refractivity contribution in [1.29, 1.82) is 0 Å². The van der Waals surface area contributed by atoms with Crippen LogP contribution in [0.3, 0.4) is 0 Å². The number of fused-ring (bicyclic) bond motifs is 2. The van der Waals surface area contributed by atoms with Crippen molar-refractivity contribution < 1.29 is 23.6 Å². The maximum Gasteiger partial charge on any atom is 0.525 e. The first-order valence-corrected chi connectivity index (χ1v) is 8.35. The fourth-order valence-electron chi connectivity index (χ4n) is 4.61. The standard InChI is InChI=1S/C17H26BFO4/c1-14(2)10-7-8-17(9-10,13(20)21)11(14)12(19)18-22-15(3,4)16(5,6)23-18/h10H,7-9H2,1-6H3,(H,20,21). The van der Waals surface area contributed by atoms with E-state index in [0.29, 0.717) is 18.4 Å². The summed E-state index contributed by atoms with van der Waals surface area (Å²) in [6.07, 6.45) is 1.84. The second kappa shape index (κ2) is 4.60. The molecule has 6 heteroatoms. The van der Waals surface area contributed by atoms with Crippen LogP contribution in [0.15, 0.2) is 11.3 Å². The van der Waals surface area contributed by atoms with Crippen LogP contribution < -0.4 is 0 Å². The van der Waals surface area contributed by atoms with Gasteiger partial charge >= 0.3 is 13.1 Å². The number of carbonyl (C=O) groups is 1. The molecule has 0 aromatic heterocycles.